The zero-order chi connectivity index (χ0) is 17.7. The first-order chi connectivity index (χ1) is 11.1. The number of rotatable bonds is 1. The monoisotopic (exact) mass is 341 g/mol. The Morgan fingerprint density at radius 1 is 1.25 bits per heavy atom. The lowest BCUT2D eigenvalue weighted by molar-refractivity contribution is -0.0652. The van der Waals surface area contributed by atoms with Crippen LogP contribution in [-0.4, -0.2) is 29.9 Å². The van der Waals surface area contributed by atoms with E-state index in [1.54, 1.807) is 11.8 Å². The van der Waals surface area contributed by atoms with Gasteiger partial charge in [-0.25, -0.2) is 22.5 Å². The number of pyridine rings is 1. The first kappa shape index (κ1) is 17.0. The van der Waals surface area contributed by atoms with E-state index in [1.165, 1.54) is 6.92 Å². The van der Waals surface area contributed by atoms with E-state index in [9.17, 15) is 22.8 Å². The van der Waals surface area contributed by atoms with E-state index in [-0.39, 0.29) is 37.9 Å². The molecule has 0 radical (unpaired) electrons. The first-order valence-electron chi connectivity index (χ1n) is 8.07. The number of anilines is 1. The minimum Gasteiger partial charge on any atom is -0.355 e. The van der Waals surface area contributed by atoms with E-state index in [1.807, 2.05) is 6.07 Å². The van der Waals surface area contributed by atoms with Crippen LogP contribution in [0.3, 0.4) is 0 Å². The summed E-state index contributed by atoms with van der Waals surface area (Å²) >= 11 is 0. The molecule has 0 saturated carbocycles. The zero-order valence-electron chi connectivity index (χ0n) is 13.7. The van der Waals surface area contributed by atoms with Crippen molar-refractivity contribution < 1.29 is 17.6 Å². The van der Waals surface area contributed by atoms with Crippen molar-refractivity contribution in [1.82, 2.24) is 4.98 Å². The van der Waals surface area contributed by atoms with Crippen LogP contribution in [0.2, 0.25) is 0 Å². The highest BCUT2D eigenvalue weighted by Crippen LogP contribution is 2.39. The standard InChI is InChI=1S/C17H19F4N3/c1-10-9-24(6-5-17(10,20)21)15-13(8-22)11(2)12-7-16(18,19)4-3-14(12)23-15/h10H,3-7,9H2,1-2H3. The van der Waals surface area contributed by atoms with Crippen LogP contribution in [0.25, 0.3) is 0 Å². The van der Waals surface area contributed by atoms with Crippen LogP contribution < -0.4 is 4.90 Å². The highest BCUT2D eigenvalue weighted by atomic mass is 19.3. The number of piperidine rings is 1. The van der Waals surface area contributed by atoms with Gasteiger partial charge in [-0.15, -0.1) is 0 Å². The van der Waals surface area contributed by atoms with Gasteiger partial charge in [-0.05, 0) is 24.5 Å². The number of aromatic nitrogens is 1. The van der Waals surface area contributed by atoms with Gasteiger partial charge >= 0.3 is 0 Å². The molecule has 7 heteroatoms. The van der Waals surface area contributed by atoms with E-state index in [0.29, 0.717) is 22.6 Å². The van der Waals surface area contributed by atoms with Crippen LogP contribution in [0.1, 0.15) is 42.1 Å². The van der Waals surface area contributed by atoms with Gasteiger partial charge in [0.15, 0.2) is 0 Å². The summed E-state index contributed by atoms with van der Waals surface area (Å²) in [6.07, 6.45) is -0.840. The third-order valence-electron chi connectivity index (χ3n) is 5.15. The second-order valence-corrected chi connectivity index (χ2v) is 6.86. The minimum atomic E-state index is -2.78. The molecule has 0 aromatic carbocycles. The van der Waals surface area contributed by atoms with E-state index in [4.69, 9.17) is 0 Å². The summed E-state index contributed by atoms with van der Waals surface area (Å²) in [5.41, 5.74) is 1.73. The molecule has 1 aliphatic carbocycles. The van der Waals surface area contributed by atoms with Crippen molar-refractivity contribution in [2.75, 3.05) is 18.0 Å². The van der Waals surface area contributed by atoms with Crippen LogP contribution >= 0.6 is 0 Å². The van der Waals surface area contributed by atoms with E-state index < -0.39 is 24.2 Å². The van der Waals surface area contributed by atoms with Gasteiger partial charge in [0.1, 0.15) is 11.9 Å². The molecule has 1 aliphatic heterocycles. The first-order valence-corrected chi connectivity index (χ1v) is 8.07. The second-order valence-electron chi connectivity index (χ2n) is 6.86. The molecular formula is C17H19F4N3. The third kappa shape index (κ3) is 2.83. The Kier molecular flexibility index (Phi) is 3.97. The summed E-state index contributed by atoms with van der Waals surface area (Å²) in [6, 6.07) is 2.04. The Bertz CT molecular complexity index is 709. The molecule has 0 bridgehead atoms. The van der Waals surface area contributed by atoms with Gasteiger partial charge in [0.2, 0.25) is 0 Å². The van der Waals surface area contributed by atoms with Gasteiger partial charge in [-0.3, -0.25) is 0 Å². The van der Waals surface area contributed by atoms with Gasteiger partial charge < -0.3 is 4.90 Å². The highest BCUT2D eigenvalue weighted by Gasteiger charge is 2.43. The van der Waals surface area contributed by atoms with Crippen molar-refractivity contribution in [3.8, 4) is 6.07 Å². The smallest absolute Gasteiger partial charge is 0.254 e. The van der Waals surface area contributed by atoms with Crippen molar-refractivity contribution in [1.29, 1.82) is 5.26 Å². The highest BCUT2D eigenvalue weighted by molar-refractivity contribution is 5.61. The predicted molar refractivity (Wildman–Crippen MR) is 81.6 cm³/mol. The number of aryl methyl sites for hydroxylation is 1. The normalized spacial score (nSPS) is 25.0. The van der Waals surface area contributed by atoms with Crippen molar-refractivity contribution >= 4 is 5.82 Å². The molecule has 2 aliphatic rings. The molecule has 0 N–H and O–H groups in total. The van der Waals surface area contributed by atoms with Gasteiger partial charge in [-0.1, -0.05) is 6.92 Å². The van der Waals surface area contributed by atoms with Gasteiger partial charge in [0.05, 0.1) is 5.56 Å². The van der Waals surface area contributed by atoms with Crippen LogP contribution in [0.5, 0.6) is 0 Å². The molecule has 1 atom stereocenters. The quantitative estimate of drug-likeness (QED) is 0.728. The summed E-state index contributed by atoms with van der Waals surface area (Å²) in [5.74, 6) is -5.99. The number of fused-ring (bicyclic) bond motifs is 1. The minimum absolute atomic E-state index is 0.100. The number of alkyl halides is 4. The van der Waals surface area contributed by atoms with Gasteiger partial charge in [0.25, 0.3) is 11.8 Å². The molecule has 2 heterocycles. The molecule has 1 aromatic heterocycles. The van der Waals surface area contributed by atoms with E-state index in [2.05, 4.69) is 4.98 Å². The molecule has 130 valence electrons. The third-order valence-corrected chi connectivity index (χ3v) is 5.15. The van der Waals surface area contributed by atoms with Crippen molar-refractivity contribution in [3.05, 3.63) is 22.4 Å². The molecule has 1 aromatic rings. The fraction of sp³-hybridized carbons (Fsp3) is 0.647. The summed E-state index contributed by atoms with van der Waals surface area (Å²) in [4.78, 5) is 6.14. The maximum atomic E-state index is 13.7. The number of halogens is 4. The topological polar surface area (TPSA) is 39.9 Å². The lowest BCUT2D eigenvalue weighted by atomic mass is 9.87. The molecular weight excluding hydrogens is 322 g/mol. The SMILES string of the molecule is Cc1c(C#N)c(N2CCC(F)(F)C(C)C2)nc2c1CC(F)(F)CC2. The molecule has 1 saturated heterocycles. The molecule has 1 fully saturated rings. The van der Waals surface area contributed by atoms with Crippen LogP contribution in [-0.2, 0) is 12.8 Å². The summed E-state index contributed by atoms with van der Waals surface area (Å²) < 4.78 is 54.8. The van der Waals surface area contributed by atoms with Crippen LogP contribution in [0.4, 0.5) is 23.4 Å². The van der Waals surface area contributed by atoms with Gasteiger partial charge in [0, 0.05) is 44.0 Å². The van der Waals surface area contributed by atoms with Crippen molar-refractivity contribution in [2.45, 2.75) is 51.4 Å². The summed E-state index contributed by atoms with van der Waals surface area (Å²) in [7, 11) is 0. The van der Waals surface area contributed by atoms with Crippen LogP contribution in [0.15, 0.2) is 0 Å². The summed E-state index contributed by atoms with van der Waals surface area (Å²) in [6.45, 7) is 3.33. The molecule has 3 nitrogen and oxygen atoms in total. The number of hydrogen-bond donors (Lipinski definition) is 0. The molecule has 0 amide bonds. The van der Waals surface area contributed by atoms with E-state index in [0.717, 1.165) is 0 Å². The predicted octanol–water partition coefficient (Wildman–Crippen LogP) is 3.87. The molecule has 3 rings (SSSR count). The zero-order valence-corrected chi connectivity index (χ0v) is 13.7. The fourth-order valence-electron chi connectivity index (χ4n) is 3.52. The Labute approximate surface area is 138 Å². The lowest BCUT2D eigenvalue weighted by Gasteiger charge is -2.38. The largest absolute Gasteiger partial charge is 0.355 e. The average molecular weight is 341 g/mol. The Hall–Kier alpha value is -1.84. The van der Waals surface area contributed by atoms with Crippen LogP contribution in [0, 0.1) is 24.2 Å². The number of nitriles is 1. The van der Waals surface area contributed by atoms with E-state index >= 15 is 0 Å². The second kappa shape index (κ2) is 5.61. The maximum Gasteiger partial charge on any atom is 0.254 e. The average Bonchev–Trinajstić information content (AvgIpc) is 2.50. The van der Waals surface area contributed by atoms with Crippen molar-refractivity contribution in [2.24, 2.45) is 5.92 Å². The Morgan fingerprint density at radius 2 is 1.96 bits per heavy atom. The lowest BCUT2D eigenvalue weighted by Crippen LogP contribution is -2.46. The number of hydrogen-bond acceptors (Lipinski definition) is 3. The Balaban J connectivity index is 2.01. The summed E-state index contributed by atoms with van der Waals surface area (Å²) in [5, 5.41) is 9.48. The molecule has 0 spiro atoms. The Morgan fingerprint density at radius 3 is 2.58 bits per heavy atom. The molecule has 24 heavy (non-hydrogen) atoms. The van der Waals surface area contributed by atoms with Gasteiger partial charge in [-0.2, -0.15) is 5.26 Å². The fourth-order valence-corrected chi connectivity index (χ4v) is 3.52. The number of nitrogens with zero attached hydrogens (tertiary/aromatic N) is 3. The maximum absolute atomic E-state index is 13.7. The van der Waals surface area contributed by atoms with Crippen molar-refractivity contribution in [3.63, 3.8) is 0 Å². The molecule has 1 unspecified atom stereocenters.